The second kappa shape index (κ2) is 8.63. The highest BCUT2D eigenvalue weighted by Gasteiger charge is 2.21. The highest BCUT2D eigenvalue weighted by Crippen LogP contribution is 2.15. The SMILES string of the molecule is CN(C)CC(C)(O)CNC(=O)CSCc1ccc(Cl)cc1. The molecule has 2 N–H and O–H groups in total. The lowest BCUT2D eigenvalue weighted by atomic mass is 10.1. The number of carbonyl (C=O) groups is 1. The second-order valence-corrected chi connectivity index (χ2v) is 7.05. The fourth-order valence-electron chi connectivity index (χ4n) is 1.92. The van der Waals surface area contributed by atoms with E-state index in [0.29, 0.717) is 17.3 Å². The van der Waals surface area contributed by atoms with Gasteiger partial charge < -0.3 is 15.3 Å². The van der Waals surface area contributed by atoms with E-state index in [1.165, 1.54) is 11.8 Å². The molecule has 1 aromatic rings. The fraction of sp³-hybridized carbons (Fsp3) is 0.533. The van der Waals surface area contributed by atoms with Gasteiger partial charge in [0.2, 0.25) is 5.91 Å². The lowest BCUT2D eigenvalue weighted by molar-refractivity contribution is -0.119. The number of amides is 1. The molecule has 4 nitrogen and oxygen atoms in total. The summed E-state index contributed by atoms with van der Waals surface area (Å²) in [5, 5.41) is 13.6. The van der Waals surface area contributed by atoms with Gasteiger partial charge in [-0.05, 0) is 38.7 Å². The zero-order chi connectivity index (χ0) is 15.9. The van der Waals surface area contributed by atoms with Crippen LogP contribution in [0.25, 0.3) is 0 Å². The van der Waals surface area contributed by atoms with Gasteiger partial charge in [-0.1, -0.05) is 23.7 Å². The highest BCUT2D eigenvalue weighted by molar-refractivity contribution is 7.99. The van der Waals surface area contributed by atoms with Gasteiger partial charge in [0.25, 0.3) is 0 Å². The molecule has 1 atom stereocenters. The standard InChI is InChI=1S/C15H23ClN2O2S/c1-15(20,11-18(2)3)10-17-14(19)9-21-8-12-4-6-13(16)7-5-12/h4-7,20H,8-11H2,1-3H3,(H,17,19). The molecule has 0 radical (unpaired) electrons. The van der Waals surface area contributed by atoms with Crippen LogP contribution < -0.4 is 5.32 Å². The Kier molecular flexibility index (Phi) is 7.52. The molecule has 1 rings (SSSR count). The van der Waals surface area contributed by atoms with Crippen LogP contribution in [-0.4, -0.2) is 54.5 Å². The lowest BCUT2D eigenvalue weighted by Crippen LogP contribution is -2.47. The smallest absolute Gasteiger partial charge is 0.230 e. The molecule has 0 aliphatic heterocycles. The average molecular weight is 331 g/mol. The van der Waals surface area contributed by atoms with Gasteiger partial charge in [0, 0.05) is 23.9 Å². The molecule has 6 heteroatoms. The van der Waals surface area contributed by atoms with E-state index >= 15 is 0 Å². The van der Waals surface area contributed by atoms with Gasteiger partial charge in [-0.2, -0.15) is 0 Å². The van der Waals surface area contributed by atoms with Gasteiger partial charge in [-0.15, -0.1) is 11.8 Å². The third-order valence-corrected chi connectivity index (χ3v) is 3.99. The van der Waals surface area contributed by atoms with Crippen LogP contribution in [0.2, 0.25) is 5.02 Å². The molecular formula is C15H23ClN2O2S. The summed E-state index contributed by atoms with van der Waals surface area (Å²) in [6.45, 7) is 2.48. The first-order valence-electron chi connectivity index (χ1n) is 6.74. The van der Waals surface area contributed by atoms with Crippen molar-refractivity contribution in [1.29, 1.82) is 0 Å². The summed E-state index contributed by atoms with van der Waals surface area (Å²) in [5.74, 6) is 1.08. The minimum atomic E-state index is -0.917. The molecule has 0 aliphatic carbocycles. The molecule has 0 fully saturated rings. The summed E-state index contributed by atoms with van der Waals surface area (Å²) in [6, 6.07) is 7.59. The van der Waals surface area contributed by atoms with Crippen molar-refractivity contribution in [1.82, 2.24) is 10.2 Å². The van der Waals surface area contributed by atoms with Crippen molar-refractivity contribution in [2.24, 2.45) is 0 Å². The molecule has 0 saturated carbocycles. The van der Waals surface area contributed by atoms with E-state index in [1.807, 2.05) is 43.3 Å². The normalized spacial score (nSPS) is 14.0. The van der Waals surface area contributed by atoms with E-state index in [1.54, 1.807) is 6.92 Å². The van der Waals surface area contributed by atoms with E-state index in [0.717, 1.165) is 11.3 Å². The number of hydrogen-bond donors (Lipinski definition) is 2. The van der Waals surface area contributed by atoms with E-state index < -0.39 is 5.60 Å². The van der Waals surface area contributed by atoms with Gasteiger partial charge >= 0.3 is 0 Å². The summed E-state index contributed by atoms with van der Waals surface area (Å²) in [7, 11) is 3.77. The number of hydrogen-bond acceptors (Lipinski definition) is 4. The van der Waals surface area contributed by atoms with Crippen molar-refractivity contribution in [3.63, 3.8) is 0 Å². The second-order valence-electron chi connectivity index (χ2n) is 5.63. The minimum absolute atomic E-state index is 0.0620. The number of rotatable bonds is 8. The molecule has 0 aliphatic rings. The lowest BCUT2D eigenvalue weighted by Gasteiger charge is -2.27. The topological polar surface area (TPSA) is 52.6 Å². The third-order valence-electron chi connectivity index (χ3n) is 2.74. The van der Waals surface area contributed by atoms with Crippen LogP contribution in [0.1, 0.15) is 12.5 Å². The summed E-state index contributed by atoms with van der Waals surface area (Å²) in [6.07, 6.45) is 0. The first-order valence-corrected chi connectivity index (χ1v) is 8.28. The van der Waals surface area contributed by atoms with Gasteiger partial charge in [0.15, 0.2) is 0 Å². The molecule has 0 spiro atoms. The Morgan fingerprint density at radius 1 is 1.38 bits per heavy atom. The average Bonchev–Trinajstić information content (AvgIpc) is 2.37. The maximum atomic E-state index is 11.7. The Morgan fingerprint density at radius 3 is 2.57 bits per heavy atom. The molecule has 118 valence electrons. The van der Waals surface area contributed by atoms with Gasteiger partial charge in [-0.3, -0.25) is 4.79 Å². The van der Waals surface area contributed by atoms with Crippen molar-refractivity contribution < 1.29 is 9.90 Å². The zero-order valence-corrected chi connectivity index (χ0v) is 14.3. The molecule has 21 heavy (non-hydrogen) atoms. The largest absolute Gasteiger partial charge is 0.387 e. The quantitative estimate of drug-likeness (QED) is 0.765. The Morgan fingerprint density at radius 2 is 2.00 bits per heavy atom. The number of nitrogens with zero attached hydrogens (tertiary/aromatic N) is 1. The number of thioether (sulfide) groups is 1. The van der Waals surface area contributed by atoms with E-state index in [-0.39, 0.29) is 12.5 Å². The predicted molar refractivity (Wildman–Crippen MR) is 89.8 cm³/mol. The van der Waals surface area contributed by atoms with Crippen molar-refractivity contribution in [2.75, 3.05) is 32.9 Å². The zero-order valence-electron chi connectivity index (χ0n) is 12.7. The van der Waals surface area contributed by atoms with Gasteiger partial charge in [0.05, 0.1) is 11.4 Å². The summed E-state index contributed by atoms with van der Waals surface area (Å²) < 4.78 is 0. The Bertz CT molecular complexity index is 449. The van der Waals surface area contributed by atoms with Gasteiger partial charge in [0.1, 0.15) is 0 Å². The van der Waals surface area contributed by atoms with Gasteiger partial charge in [-0.25, -0.2) is 0 Å². The number of carbonyl (C=O) groups excluding carboxylic acids is 1. The molecule has 1 unspecified atom stereocenters. The van der Waals surface area contributed by atoms with E-state index in [2.05, 4.69) is 5.32 Å². The monoisotopic (exact) mass is 330 g/mol. The van der Waals surface area contributed by atoms with Crippen LogP contribution in [-0.2, 0) is 10.5 Å². The maximum absolute atomic E-state index is 11.7. The number of benzene rings is 1. The van der Waals surface area contributed by atoms with Crippen molar-refractivity contribution >= 4 is 29.3 Å². The molecule has 0 heterocycles. The van der Waals surface area contributed by atoms with Crippen LogP contribution in [0.15, 0.2) is 24.3 Å². The van der Waals surface area contributed by atoms with Crippen LogP contribution >= 0.6 is 23.4 Å². The molecular weight excluding hydrogens is 308 g/mol. The van der Waals surface area contributed by atoms with Crippen molar-refractivity contribution in [3.8, 4) is 0 Å². The van der Waals surface area contributed by atoms with Crippen LogP contribution in [0.4, 0.5) is 0 Å². The summed E-state index contributed by atoms with van der Waals surface area (Å²) in [4.78, 5) is 13.6. The Labute approximate surface area is 135 Å². The summed E-state index contributed by atoms with van der Waals surface area (Å²) in [5.41, 5.74) is 0.219. The number of aliphatic hydroxyl groups is 1. The number of halogens is 1. The minimum Gasteiger partial charge on any atom is -0.387 e. The molecule has 0 aromatic heterocycles. The Hall–Kier alpha value is -0.750. The van der Waals surface area contributed by atoms with Crippen LogP contribution in [0.5, 0.6) is 0 Å². The predicted octanol–water partition coefficient (Wildman–Crippen LogP) is 2.00. The highest BCUT2D eigenvalue weighted by atomic mass is 35.5. The molecule has 0 saturated heterocycles. The maximum Gasteiger partial charge on any atom is 0.230 e. The first kappa shape index (κ1) is 18.3. The number of likely N-dealkylation sites (N-methyl/N-ethyl adjacent to an activating group) is 1. The van der Waals surface area contributed by atoms with Crippen LogP contribution in [0.3, 0.4) is 0 Å². The molecule has 1 amide bonds. The third kappa shape index (κ3) is 8.31. The van der Waals surface area contributed by atoms with E-state index in [4.69, 9.17) is 11.6 Å². The molecule has 1 aromatic carbocycles. The molecule has 0 bridgehead atoms. The van der Waals surface area contributed by atoms with Crippen molar-refractivity contribution in [2.45, 2.75) is 18.3 Å². The van der Waals surface area contributed by atoms with Crippen LogP contribution in [0, 0.1) is 0 Å². The fourth-order valence-corrected chi connectivity index (χ4v) is 2.86. The van der Waals surface area contributed by atoms with Crippen molar-refractivity contribution in [3.05, 3.63) is 34.9 Å². The van der Waals surface area contributed by atoms with E-state index in [9.17, 15) is 9.90 Å². The number of nitrogens with one attached hydrogen (secondary N) is 1. The first-order chi connectivity index (χ1) is 9.78. The summed E-state index contributed by atoms with van der Waals surface area (Å²) >= 11 is 7.36. The Balaban J connectivity index is 2.23.